The summed E-state index contributed by atoms with van der Waals surface area (Å²) >= 11 is 1.16. The Morgan fingerprint density at radius 1 is 0.958 bits per heavy atom. The first kappa shape index (κ1) is 15.8. The van der Waals surface area contributed by atoms with E-state index in [1.54, 1.807) is 30.3 Å². The highest BCUT2D eigenvalue weighted by molar-refractivity contribution is 7.17. The molecular formula is C19H14N2O2S. The van der Waals surface area contributed by atoms with E-state index in [0.717, 1.165) is 16.9 Å². The van der Waals surface area contributed by atoms with Crippen LogP contribution in [0.1, 0.15) is 25.6 Å². The van der Waals surface area contributed by atoms with Crippen molar-refractivity contribution < 1.29 is 9.59 Å². The van der Waals surface area contributed by atoms with Gasteiger partial charge in [-0.25, -0.2) is 4.98 Å². The van der Waals surface area contributed by atoms with E-state index in [4.69, 9.17) is 0 Å². The number of benzene rings is 2. The molecular weight excluding hydrogens is 320 g/mol. The predicted molar refractivity (Wildman–Crippen MR) is 96.3 cm³/mol. The van der Waals surface area contributed by atoms with E-state index in [2.05, 4.69) is 10.3 Å². The van der Waals surface area contributed by atoms with E-state index >= 15 is 0 Å². The maximum absolute atomic E-state index is 12.2. The van der Waals surface area contributed by atoms with Crippen LogP contribution in [0, 0.1) is 0 Å². The molecule has 4 nitrogen and oxygen atoms in total. The number of rotatable bonds is 5. The van der Waals surface area contributed by atoms with Crippen LogP contribution in [-0.2, 0) is 0 Å². The van der Waals surface area contributed by atoms with Crippen LogP contribution in [0.15, 0.2) is 72.9 Å². The summed E-state index contributed by atoms with van der Waals surface area (Å²) in [5.74, 6) is -0.389. The summed E-state index contributed by atoms with van der Waals surface area (Å²) in [5, 5.41) is 3.10. The Bertz CT molecular complexity index is 871. The molecule has 0 saturated heterocycles. The van der Waals surface area contributed by atoms with E-state index in [0.29, 0.717) is 15.6 Å². The molecule has 0 aliphatic heterocycles. The van der Waals surface area contributed by atoms with Crippen LogP contribution >= 0.6 is 11.3 Å². The monoisotopic (exact) mass is 334 g/mol. The maximum Gasteiger partial charge on any atom is 0.257 e. The van der Waals surface area contributed by atoms with Gasteiger partial charge in [-0.2, -0.15) is 0 Å². The second-order valence-corrected chi connectivity index (χ2v) is 5.99. The van der Waals surface area contributed by atoms with Crippen LogP contribution < -0.4 is 5.32 Å². The zero-order valence-electron chi connectivity index (χ0n) is 12.7. The fourth-order valence-corrected chi connectivity index (χ4v) is 2.75. The molecule has 3 aromatic rings. The number of carbonyl (C=O) groups excluding carboxylic acids is 2. The van der Waals surface area contributed by atoms with E-state index in [9.17, 15) is 9.59 Å². The summed E-state index contributed by atoms with van der Waals surface area (Å²) in [6.07, 6.45) is 4.73. The van der Waals surface area contributed by atoms with Crippen molar-refractivity contribution in [3.05, 3.63) is 88.9 Å². The summed E-state index contributed by atoms with van der Waals surface area (Å²) in [5.41, 5.74) is 1.50. The number of nitrogens with zero attached hydrogens (tertiary/aromatic N) is 1. The van der Waals surface area contributed by atoms with Crippen LogP contribution in [0.5, 0.6) is 0 Å². The van der Waals surface area contributed by atoms with Crippen molar-refractivity contribution >= 4 is 34.2 Å². The van der Waals surface area contributed by atoms with Crippen molar-refractivity contribution in [2.24, 2.45) is 0 Å². The van der Waals surface area contributed by atoms with Gasteiger partial charge in [0.15, 0.2) is 10.9 Å². The van der Waals surface area contributed by atoms with Crippen LogP contribution in [0.4, 0.5) is 5.13 Å². The summed E-state index contributed by atoms with van der Waals surface area (Å²) in [6.45, 7) is 0. The van der Waals surface area contributed by atoms with E-state index < -0.39 is 0 Å². The standard InChI is InChI=1S/C19H14N2O2S/c22-16(12-11-14-7-3-1-4-8-14)17-13-20-19(24-17)21-18(23)15-9-5-2-6-10-15/h1-13H,(H,20,21,23). The minimum absolute atomic E-state index is 0.142. The fourth-order valence-electron chi connectivity index (χ4n) is 2.02. The average molecular weight is 334 g/mol. The second-order valence-electron chi connectivity index (χ2n) is 4.96. The normalized spacial score (nSPS) is 10.7. The molecule has 0 radical (unpaired) electrons. The second kappa shape index (κ2) is 7.48. The van der Waals surface area contributed by atoms with Gasteiger partial charge in [0.25, 0.3) is 5.91 Å². The molecule has 0 unspecified atom stereocenters. The van der Waals surface area contributed by atoms with Gasteiger partial charge >= 0.3 is 0 Å². The third kappa shape index (κ3) is 4.02. The highest BCUT2D eigenvalue weighted by Crippen LogP contribution is 2.20. The first-order valence-electron chi connectivity index (χ1n) is 7.32. The Morgan fingerprint density at radius 2 is 1.62 bits per heavy atom. The number of ketones is 1. The Kier molecular flexibility index (Phi) is 4.93. The van der Waals surface area contributed by atoms with Gasteiger partial charge in [-0.15, -0.1) is 0 Å². The van der Waals surface area contributed by atoms with Crippen LogP contribution in [-0.4, -0.2) is 16.7 Å². The Labute approximate surface area is 143 Å². The Balaban J connectivity index is 1.66. The average Bonchev–Trinajstić information content (AvgIpc) is 3.10. The van der Waals surface area contributed by atoms with Gasteiger partial charge in [0.05, 0.1) is 11.1 Å². The molecule has 0 saturated carbocycles. The first-order chi connectivity index (χ1) is 11.7. The molecule has 0 spiro atoms. The molecule has 1 amide bonds. The number of amides is 1. The number of anilines is 1. The number of aromatic nitrogens is 1. The molecule has 118 valence electrons. The topological polar surface area (TPSA) is 59.1 Å². The minimum atomic E-state index is -0.247. The summed E-state index contributed by atoms with van der Waals surface area (Å²) in [7, 11) is 0. The molecule has 0 atom stereocenters. The lowest BCUT2D eigenvalue weighted by Crippen LogP contribution is -2.11. The molecule has 0 fully saturated rings. The number of hydrogen-bond acceptors (Lipinski definition) is 4. The van der Waals surface area contributed by atoms with Gasteiger partial charge in [0.2, 0.25) is 0 Å². The number of thiazole rings is 1. The Morgan fingerprint density at radius 3 is 2.33 bits per heavy atom. The quantitative estimate of drug-likeness (QED) is 0.559. The third-order valence-electron chi connectivity index (χ3n) is 3.23. The molecule has 1 aromatic heterocycles. The molecule has 0 aliphatic rings. The largest absolute Gasteiger partial charge is 0.298 e. The highest BCUT2D eigenvalue weighted by Gasteiger charge is 2.11. The van der Waals surface area contributed by atoms with Crippen LogP contribution in [0.2, 0.25) is 0 Å². The van der Waals surface area contributed by atoms with Gasteiger partial charge in [-0.1, -0.05) is 65.9 Å². The number of hydrogen-bond donors (Lipinski definition) is 1. The van der Waals surface area contributed by atoms with Crippen molar-refractivity contribution in [1.29, 1.82) is 0 Å². The third-order valence-corrected chi connectivity index (χ3v) is 4.16. The van der Waals surface area contributed by atoms with Gasteiger partial charge < -0.3 is 0 Å². The zero-order valence-corrected chi connectivity index (χ0v) is 13.5. The van der Waals surface area contributed by atoms with Gasteiger partial charge in [0.1, 0.15) is 0 Å². The summed E-state index contributed by atoms with van der Waals surface area (Å²) in [6, 6.07) is 18.4. The van der Waals surface area contributed by atoms with Crippen molar-refractivity contribution in [3.63, 3.8) is 0 Å². The number of nitrogens with one attached hydrogen (secondary N) is 1. The number of carbonyl (C=O) groups is 2. The molecule has 1 heterocycles. The van der Waals surface area contributed by atoms with Crippen molar-refractivity contribution in [3.8, 4) is 0 Å². The number of allylic oxidation sites excluding steroid dienone is 1. The van der Waals surface area contributed by atoms with Gasteiger partial charge in [-0.05, 0) is 23.8 Å². The first-order valence-corrected chi connectivity index (χ1v) is 8.14. The Hall–Kier alpha value is -3.05. The highest BCUT2D eigenvalue weighted by atomic mass is 32.1. The lowest BCUT2D eigenvalue weighted by molar-refractivity contribution is 0.102. The zero-order chi connectivity index (χ0) is 16.8. The van der Waals surface area contributed by atoms with Crippen LogP contribution in [0.25, 0.3) is 6.08 Å². The molecule has 2 aromatic carbocycles. The van der Waals surface area contributed by atoms with Gasteiger partial charge in [0, 0.05) is 5.56 Å². The predicted octanol–water partition coefficient (Wildman–Crippen LogP) is 4.29. The van der Waals surface area contributed by atoms with E-state index in [1.807, 2.05) is 36.4 Å². The smallest absolute Gasteiger partial charge is 0.257 e. The lowest BCUT2D eigenvalue weighted by atomic mass is 10.2. The maximum atomic E-state index is 12.2. The van der Waals surface area contributed by atoms with Gasteiger partial charge in [-0.3, -0.25) is 14.9 Å². The molecule has 5 heteroatoms. The minimum Gasteiger partial charge on any atom is -0.298 e. The fraction of sp³-hybridized carbons (Fsp3) is 0. The molecule has 0 aliphatic carbocycles. The van der Waals surface area contributed by atoms with Crippen molar-refractivity contribution in [2.45, 2.75) is 0 Å². The molecule has 3 rings (SSSR count). The van der Waals surface area contributed by atoms with E-state index in [-0.39, 0.29) is 11.7 Å². The molecule has 1 N–H and O–H groups in total. The summed E-state index contributed by atoms with van der Waals surface area (Å²) in [4.78, 5) is 28.8. The van der Waals surface area contributed by atoms with Crippen molar-refractivity contribution in [1.82, 2.24) is 4.98 Å². The SMILES string of the molecule is O=C(Nc1ncc(C(=O)C=Cc2ccccc2)s1)c1ccccc1. The molecule has 0 bridgehead atoms. The van der Waals surface area contributed by atoms with Crippen molar-refractivity contribution in [2.75, 3.05) is 5.32 Å². The van der Waals surface area contributed by atoms with Crippen LogP contribution in [0.3, 0.4) is 0 Å². The molecule has 24 heavy (non-hydrogen) atoms. The van der Waals surface area contributed by atoms with E-state index in [1.165, 1.54) is 12.3 Å². The lowest BCUT2D eigenvalue weighted by Gasteiger charge is -2.00. The summed E-state index contributed by atoms with van der Waals surface area (Å²) < 4.78 is 0.